The molecule has 1 heterocycles. The van der Waals surface area contributed by atoms with Gasteiger partial charge in [0.1, 0.15) is 6.23 Å². The van der Waals surface area contributed by atoms with E-state index >= 15 is 0 Å². The quantitative estimate of drug-likeness (QED) is 0.749. The van der Waals surface area contributed by atoms with Crippen LogP contribution in [0, 0.1) is 5.92 Å². The summed E-state index contributed by atoms with van der Waals surface area (Å²) >= 11 is 0. The van der Waals surface area contributed by atoms with Crippen molar-refractivity contribution in [3.8, 4) is 0 Å². The van der Waals surface area contributed by atoms with Gasteiger partial charge < -0.3 is 9.64 Å². The van der Waals surface area contributed by atoms with Gasteiger partial charge in [-0.25, -0.2) is 0 Å². The highest BCUT2D eigenvalue weighted by Gasteiger charge is 2.54. The van der Waals surface area contributed by atoms with Gasteiger partial charge in [-0.05, 0) is 37.3 Å². The predicted molar refractivity (Wildman–Crippen MR) is 94.3 cm³/mol. The second kappa shape index (κ2) is 7.48. The lowest BCUT2D eigenvalue weighted by Gasteiger charge is -2.38. The van der Waals surface area contributed by atoms with Crippen LogP contribution in [0.2, 0.25) is 0 Å². The van der Waals surface area contributed by atoms with E-state index in [9.17, 15) is 4.79 Å². The number of hydrogen-bond acceptors (Lipinski definition) is 2. The first-order valence-electron chi connectivity index (χ1n) is 9.10. The van der Waals surface area contributed by atoms with Crippen LogP contribution in [-0.4, -0.2) is 28.7 Å². The van der Waals surface area contributed by atoms with Gasteiger partial charge in [-0.1, -0.05) is 59.2 Å². The number of carbonyl (C=O) groups excluding carboxylic acids is 1. The van der Waals surface area contributed by atoms with Crippen molar-refractivity contribution in [2.45, 2.75) is 78.2 Å². The van der Waals surface area contributed by atoms with Crippen LogP contribution >= 0.6 is 0 Å². The Labute approximate surface area is 141 Å². The minimum Gasteiger partial charge on any atom is -0.350 e. The normalized spacial score (nSPS) is 24.7. The molecule has 0 N–H and O–H groups in total. The topological polar surface area (TPSA) is 29.5 Å². The van der Waals surface area contributed by atoms with Crippen molar-refractivity contribution in [3.05, 3.63) is 35.9 Å². The molecule has 1 fully saturated rings. The minimum absolute atomic E-state index is 0.103. The summed E-state index contributed by atoms with van der Waals surface area (Å²) in [5, 5.41) is 0. The molecular weight excluding hydrogens is 286 g/mol. The summed E-state index contributed by atoms with van der Waals surface area (Å²) < 4.78 is 6.49. The highest BCUT2D eigenvalue weighted by atomic mass is 16.5. The minimum atomic E-state index is -0.222. The average molecular weight is 317 g/mol. The highest BCUT2D eigenvalue weighted by molar-refractivity contribution is 5.94. The van der Waals surface area contributed by atoms with Crippen molar-refractivity contribution in [2.24, 2.45) is 5.92 Å². The Morgan fingerprint density at radius 1 is 1.17 bits per heavy atom. The fourth-order valence-electron chi connectivity index (χ4n) is 3.95. The van der Waals surface area contributed by atoms with Crippen LogP contribution in [-0.2, 0) is 4.74 Å². The Morgan fingerprint density at radius 3 is 2.26 bits per heavy atom. The van der Waals surface area contributed by atoms with E-state index in [1.807, 2.05) is 35.2 Å². The molecule has 3 atom stereocenters. The standard InChI is InChI=1S/C20H31NO2/c1-6-15(5)18-20(8-3,9-4)23-17(7-2)21(18)19(22)16-13-11-10-12-14-16/h10-15,17-18H,6-9H2,1-5H3/t15?,17?,18-/m0/s1. The first-order valence-corrected chi connectivity index (χ1v) is 9.10. The van der Waals surface area contributed by atoms with E-state index in [0.717, 1.165) is 31.2 Å². The number of ether oxygens (including phenoxy) is 1. The summed E-state index contributed by atoms with van der Waals surface area (Å²) in [7, 11) is 0. The van der Waals surface area contributed by atoms with Crippen LogP contribution in [0.5, 0.6) is 0 Å². The van der Waals surface area contributed by atoms with Crippen LogP contribution in [0.15, 0.2) is 30.3 Å². The van der Waals surface area contributed by atoms with Crippen LogP contribution in [0.4, 0.5) is 0 Å². The summed E-state index contributed by atoms with van der Waals surface area (Å²) in [6, 6.07) is 9.75. The van der Waals surface area contributed by atoms with Crippen LogP contribution in [0.1, 0.15) is 70.7 Å². The van der Waals surface area contributed by atoms with Crippen LogP contribution in [0.25, 0.3) is 0 Å². The molecule has 1 aromatic rings. The van der Waals surface area contributed by atoms with E-state index in [2.05, 4.69) is 34.6 Å². The van der Waals surface area contributed by atoms with E-state index in [4.69, 9.17) is 4.74 Å². The highest BCUT2D eigenvalue weighted by Crippen LogP contribution is 2.43. The van der Waals surface area contributed by atoms with Gasteiger partial charge in [0, 0.05) is 5.56 Å². The van der Waals surface area contributed by atoms with Gasteiger partial charge in [0.25, 0.3) is 5.91 Å². The largest absolute Gasteiger partial charge is 0.350 e. The van der Waals surface area contributed by atoms with Gasteiger partial charge in [0.15, 0.2) is 0 Å². The maximum atomic E-state index is 13.2. The summed E-state index contributed by atoms with van der Waals surface area (Å²) in [6.45, 7) is 10.9. The van der Waals surface area contributed by atoms with Crippen molar-refractivity contribution in [1.82, 2.24) is 4.90 Å². The first-order chi connectivity index (χ1) is 11.0. The molecule has 3 nitrogen and oxygen atoms in total. The Balaban J connectivity index is 2.46. The van der Waals surface area contributed by atoms with Gasteiger partial charge in [-0.3, -0.25) is 4.79 Å². The average Bonchev–Trinajstić information content (AvgIpc) is 2.96. The van der Waals surface area contributed by atoms with E-state index in [1.165, 1.54) is 0 Å². The maximum absolute atomic E-state index is 13.2. The number of rotatable bonds is 6. The molecular formula is C20H31NO2. The van der Waals surface area contributed by atoms with Crippen molar-refractivity contribution in [3.63, 3.8) is 0 Å². The predicted octanol–water partition coefficient (Wildman–Crippen LogP) is 4.87. The van der Waals surface area contributed by atoms with Gasteiger partial charge in [0.2, 0.25) is 0 Å². The third kappa shape index (κ3) is 3.16. The molecule has 1 amide bonds. The molecule has 0 aromatic heterocycles. The van der Waals surface area contributed by atoms with Gasteiger partial charge >= 0.3 is 0 Å². The third-order valence-corrected chi connectivity index (χ3v) is 5.50. The molecule has 2 rings (SSSR count). The fraction of sp³-hybridized carbons (Fsp3) is 0.650. The molecule has 3 heteroatoms. The van der Waals surface area contributed by atoms with Crippen molar-refractivity contribution in [2.75, 3.05) is 0 Å². The molecule has 0 saturated carbocycles. The second-order valence-electron chi connectivity index (χ2n) is 6.66. The zero-order valence-corrected chi connectivity index (χ0v) is 15.2. The van der Waals surface area contributed by atoms with E-state index < -0.39 is 0 Å². The van der Waals surface area contributed by atoms with Crippen molar-refractivity contribution < 1.29 is 9.53 Å². The molecule has 1 aliphatic heterocycles. The Morgan fingerprint density at radius 2 is 1.78 bits per heavy atom. The number of nitrogens with zero attached hydrogens (tertiary/aromatic N) is 1. The maximum Gasteiger partial charge on any atom is 0.256 e. The van der Waals surface area contributed by atoms with E-state index in [0.29, 0.717) is 5.92 Å². The lowest BCUT2D eigenvalue weighted by molar-refractivity contribution is -0.0650. The zero-order chi connectivity index (χ0) is 17.0. The number of hydrogen-bond donors (Lipinski definition) is 0. The summed E-state index contributed by atoms with van der Waals surface area (Å²) in [4.78, 5) is 15.3. The SMILES string of the molecule is CCC(C)[C@@H]1N(C(=O)c2ccccc2)C(CC)OC1(CC)CC. The molecule has 2 unspecified atom stereocenters. The monoisotopic (exact) mass is 317 g/mol. The molecule has 128 valence electrons. The molecule has 23 heavy (non-hydrogen) atoms. The lowest BCUT2D eigenvalue weighted by atomic mass is 9.80. The van der Waals surface area contributed by atoms with Crippen molar-refractivity contribution >= 4 is 5.91 Å². The summed E-state index contributed by atoms with van der Waals surface area (Å²) in [5.41, 5.74) is 0.534. The molecule has 0 bridgehead atoms. The second-order valence-corrected chi connectivity index (χ2v) is 6.66. The smallest absolute Gasteiger partial charge is 0.256 e. The van der Waals surface area contributed by atoms with Crippen LogP contribution < -0.4 is 0 Å². The molecule has 0 spiro atoms. The third-order valence-electron chi connectivity index (χ3n) is 5.50. The molecule has 1 aromatic carbocycles. The summed E-state index contributed by atoms with van der Waals surface area (Å²) in [6.07, 6.45) is 3.63. The van der Waals surface area contributed by atoms with Gasteiger partial charge in [0.05, 0.1) is 11.6 Å². The molecule has 1 aliphatic rings. The Kier molecular flexibility index (Phi) is 5.85. The van der Waals surface area contributed by atoms with E-state index in [-0.39, 0.29) is 23.8 Å². The Bertz CT molecular complexity index is 510. The van der Waals surface area contributed by atoms with Gasteiger partial charge in [-0.15, -0.1) is 0 Å². The lowest BCUT2D eigenvalue weighted by Crippen LogP contribution is -2.51. The summed E-state index contributed by atoms with van der Waals surface area (Å²) in [5.74, 6) is 0.519. The number of amides is 1. The van der Waals surface area contributed by atoms with Crippen LogP contribution in [0.3, 0.4) is 0 Å². The number of carbonyl (C=O) groups is 1. The Hall–Kier alpha value is -1.35. The van der Waals surface area contributed by atoms with E-state index in [1.54, 1.807) is 0 Å². The first kappa shape index (κ1) is 18.0. The van der Waals surface area contributed by atoms with Crippen molar-refractivity contribution in [1.29, 1.82) is 0 Å². The number of benzene rings is 1. The molecule has 0 radical (unpaired) electrons. The van der Waals surface area contributed by atoms with Gasteiger partial charge in [-0.2, -0.15) is 0 Å². The zero-order valence-electron chi connectivity index (χ0n) is 15.2. The molecule has 0 aliphatic carbocycles. The molecule has 1 saturated heterocycles. The fourth-order valence-corrected chi connectivity index (χ4v) is 3.95.